The number of amides is 1. The van der Waals surface area contributed by atoms with Gasteiger partial charge >= 0.3 is 5.97 Å². The maximum atomic E-state index is 13.3. The standard InChI is InChI=1S/C22H29N3O5S/c1-14(2)25(21(26)16-7-5-15(3)6-8-16)20-19(22(27)28)13-24(23-20)17-9-11-18(12-10-17)31(4,29)30/h9-16H,5-8H2,1-4H3,(H,27,28)/t15-,16-. The zero-order valence-corrected chi connectivity index (χ0v) is 19.1. The van der Waals surface area contributed by atoms with E-state index in [-0.39, 0.29) is 34.1 Å². The number of anilines is 1. The smallest absolute Gasteiger partial charge is 0.341 e. The monoisotopic (exact) mass is 447 g/mol. The predicted molar refractivity (Wildman–Crippen MR) is 117 cm³/mol. The first-order valence-electron chi connectivity index (χ1n) is 10.5. The van der Waals surface area contributed by atoms with Crippen molar-refractivity contribution in [2.24, 2.45) is 11.8 Å². The number of carbonyl (C=O) groups is 2. The summed E-state index contributed by atoms with van der Waals surface area (Å²) in [5.74, 6) is -0.704. The Balaban J connectivity index is 1.99. The Bertz CT molecular complexity index is 1070. The highest BCUT2D eigenvalue weighted by molar-refractivity contribution is 7.90. The number of sulfone groups is 1. The lowest BCUT2D eigenvalue weighted by Gasteiger charge is -2.32. The Kier molecular flexibility index (Phi) is 6.54. The third-order valence-electron chi connectivity index (χ3n) is 5.80. The molecule has 1 amide bonds. The normalized spacial score (nSPS) is 19.4. The minimum absolute atomic E-state index is 0.0709. The van der Waals surface area contributed by atoms with Crippen LogP contribution in [-0.2, 0) is 14.6 Å². The Hall–Kier alpha value is -2.68. The number of rotatable bonds is 6. The van der Waals surface area contributed by atoms with Crippen molar-refractivity contribution in [3.05, 3.63) is 36.0 Å². The van der Waals surface area contributed by atoms with E-state index in [9.17, 15) is 23.1 Å². The van der Waals surface area contributed by atoms with E-state index in [1.807, 2.05) is 13.8 Å². The molecule has 0 atom stereocenters. The number of benzene rings is 1. The molecule has 1 N–H and O–H groups in total. The lowest BCUT2D eigenvalue weighted by molar-refractivity contribution is -0.124. The van der Waals surface area contributed by atoms with Gasteiger partial charge in [0.25, 0.3) is 0 Å². The summed E-state index contributed by atoms with van der Waals surface area (Å²) in [7, 11) is -3.35. The minimum Gasteiger partial charge on any atom is -0.477 e. The number of aromatic carboxylic acids is 1. The molecule has 1 aliphatic rings. The fraction of sp³-hybridized carbons (Fsp3) is 0.500. The van der Waals surface area contributed by atoms with Crippen LogP contribution in [0.25, 0.3) is 5.69 Å². The molecular weight excluding hydrogens is 418 g/mol. The van der Waals surface area contributed by atoms with Crippen LogP contribution in [0.4, 0.5) is 5.82 Å². The van der Waals surface area contributed by atoms with Gasteiger partial charge in [-0.2, -0.15) is 0 Å². The fourth-order valence-electron chi connectivity index (χ4n) is 3.98. The van der Waals surface area contributed by atoms with Crippen molar-refractivity contribution < 1.29 is 23.1 Å². The topological polar surface area (TPSA) is 110 Å². The molecule has 0 saturated heterocycles. The first kappa shape index (κ1) is 23.0. The van der Waals surface area contributed by atoms with Crippen molar-refractivity contribution in [1.29, 1.82) is 0 Å². The van der Waals surface area contributed by atoms with Crippen molar-refractivity contribution >= 4 is 27.5 Å². The molecule has 1 aromatic heterocycles. The van der Waals surface area contributed by atoms with E-state index in [1.165, 1.54) is 27.9 Å². The second kappa shape index (κ2) is 8.82. The highest BCUT2D eigenvalue weighted by Gasteiger charge is 2.34. The van der Waals surface area contributed by atoms with Crippen molar-refractivity contribution in [1.82, 2.24) is 9.78 Å². The third kappa shape index (κ3) is 4.98. The Labute approximate surface area is 182 Å². The van der Waals surface area contributed by atoms with E-state index < -0.39 is 15.8 Å². The summed E-state index contributed by atoms with van der Waals surface area (Å²) in [6, 6.07) is 5.74. The van der Waals surface area contributed by atoms with Crippen LogP contribution in [0.2, 0.25) is 0 Å². The zero-order chi connectivity index (χ0) is 22.9. The van der Waals surface area contributed by atoms with Gasteiger partial charge in [-0.05, 0) is 69.7 Å². The second-order valence-corrected chi connectivity index (χ2v) is 10.7. The molecule has 3 rings (SSSR count). The van der Waals surface area contributed by atoms with Gasteiger partial charge in [0.2, 0.25) is 5.91 Å². The molecule has 9 heteroatoms. The molecule has 0 spiro atoms. The van der Waals surface area contributed by atoms with E-state index in [4.69, 9.17) is 0 Å². The number of hydrogen-bond acceptors (Lipinski definition) is 5. The minimum atomic E-state index is -3.35. The summed E-state index contributed by atoms with van der Waals surface area (Å²) in [6.45, 7) is 5.87. The summed E-state index contributed by atoms with van der Waals surface area (Å²) < 4.78 is 24.8. The van der Waals surface area contributed by atoms with Gasteiger partial charge in [0.15, 0.2) is 15.7 Å². The molecule has 168 valence electrons. The van der Waals surface area contributed by atoms with Crippen LogP contribution in [0.3, 0.4) is 0 Å². The highest BCUT2D eigenvalue weighted by Crippen LogP contribution is 2.32. The van der Waals surface area contributed by atoms with Crippen LogP contribution in [0.15, 0.2) is 35.4 Å². The Morgan fingerprint density at radius 2 is 1.71 bits per heavy atom. The van der Waals surface area contributed by atoms with Gasteiger partial charge in [0.05, 0.1) is 10.6 Å². The molecule has 2 aromatic rings. The summed E-state index contributed by atoms with van der Waals surface area (Å²) in [6.07, 6.45) is 6.02. The van der Waals surface area contributed by atoms with E-state index in [2.05, 4.69) is 12.0 Å². The molecule has 0 bridgehead atoms. The van der Waals surface area contributed by atoms with Crippen molar-refractivity contribution in [3.8, 4) is 5.69 Å². The number of nitrogens with zero attached hydrogens (tertiary/aromatic N) is 3. The van der Waals surface area contributed by atoms with Gasteiger partial charge in [-0.1, -0.05) is 6.92 Å². The van der Waals surface area contributed by atoms with Crippen molar-refractivity contribution in [2.75, 3.05) is 11.2 Å². The lowest BCUT2D eigenvalue weighted by atomic mass is 9.82. The van der Waals surface area contributed by atoms with Gasteiger partial charge in [0, 0.05) is 24.4 Å². The lowest BCUT2D eigenvalue weighted by Crippen LogP contribution is -2.43. The largest absolute Gasteiger partial charge is 0.477 e. The summed E-state index contributed by atoms with van der Waals surface area (Å²) in [5, 5.41) is 14.2. The first-order valence-corrected chi connectivity index (χ1v) is 12.3. The van der Waals surface area contributed by atoms with Gasteiger partial charge in [-0.25, -0.2) is 17.9 Å². The molecule has 1 saturated carbocycles. The van der Waals surface area contributed by atoms with E-state index in [0.29, 0.717) is 11.6 Å². The van der Waals surface area contributed by atoms with E-state index in [0.717, 1.165) is 31.9 Å². The van der Waals surface area contributed by atoms with Crippen LogP contribution in [0.5, 0.6) is 0 Å². The maximum Gasteiger partial charge on any atom is 0.341 e. The summed E-state index contributed by atoms with van der Waals surface area (Å²) in [4.78, 5) is 26.9. The predicted octanol–water partition coefficient (Wildman–Crippen LogP) is 3.54. The van der Waals surface area contributed by atoms with Gasteiger partial charge in [-0.15, -0.1) is 5.10 Å². The van der Waals surface area contributed by atoms with Gasteiger partial charge in [-0.3, -0.25) is 9.69 Å². The van der Waals surface area contributed by atoms with Gasteiger partial charge < -0.3 is 5.11 Å². The number of aromatic nitrogens is 2. The first-order chi connectivity index (χ1) is 14.5. The van der Waals surface area contributed by atoms with Crippen molar-refractivity contribution in [2.45, 2.75) is 57.4 Å². The average Bonchev–Trinajstić information content (AvgIpc) is 3.13. The number of hydrogen-bond donors (Lipinski definition) is 1. The van der Waals surface area contributed by atoms with Crippen LogP contribution >= 0.6 is 0 Å². The van der Waals surface area contributed by atoms with E-state index in [1.54, 1.807) is 12.1 Å². The Morgan fingerprint density at radius 1 is 1.13 bits per heavy atom. The third-order valence-corrected chi connectivity index (χ3v) is 6.93. The number of carboxylic acids is 1. The number of carbonyl (C=O) groups excluding carboxylic acids is 1. The van der Waals surface area contributed by atoms with Crippen LogP contribution in [0, 0.1) is 11.8 Å². The molecule has 0 radical (unpaired) electrons. The van der Waals surface area contributed by atoms with Crippen molar-refractivity contribution in [3.63, 3.8) is 0 Å². The van der Waals surface area contributed by atoms with E-state index >= 15 is 0 Å². The Morgan fingerprint density at radius 3 is 2.19 bits per heavy atom. The van der Waals surface area contributed by atoms with Crippen LogP contribution in [-0.4, -0.2) is 47.5 Å². The average molecular weight is 448 g/mol. The molecule has 1 fully saturated rings. The van der Waals surface area contributed by atoms with Crippen LogP contribution in [0.1, 0.15) is 56.8 Å². The molecule has 8 nitrogen and oxygen atoms in total. The SMILES string of the molecule is CC(C)N(c1nn(-c2ccc(S(C)(=O)=O)cc2)cc1C(=O)O)C(=O)[C@H]1CC[C@H](C)CC1. The number of carboxylic acid groups (broad SMARTS) is 1. The summed E-state index contributed by atoms with van der Waals surface area (Å²) in [5.41, 5.74) is 0.433. The van der Waals surface area contributed by atoms with Gasteiger partial charge in [0.1, 0.15) is 5.56 Å². The maximum absolute atomic E-state index is 13.3. The molecule has 31 heavy (non-hydrogen) atoms. The van der Waals surface area contributed by atoms with Crippen LogP contribution < -0.4 is 4.90 Å². The zero-order valence-electron chi connectivity index (χ0n) is 18.3. The highest BCUT2D eigenvalue weighted by atomic mass is 32.2. The molecule has 1 aliphatic carbocycles. The molecule has 1 heterocycles. The molecular formula is C22H29N3O5S. The summed E-state index contributed by atoms with van der Waals surface area (Å²) >= 11 is 0. The fourth-order valence-corrected chi connectivity index (χ4v) is 4.61. The molecule has 0 unspecified atom stereocenters. The molecule has 1 aromatic carbocycles. The quantitative estimate of drug-likeness (QED) is 0.725. The molecule has 0 aliphatic heterocycles. The second-order valence-electron chi connectivity index (χ2n) is 8.64.